The van der Waals surface area contributed by atoms with Gasteiger partial charge in [-0.25, -0.2) is 0 Å². The molecular weight excluding hydrogens is 208 g/mol. The quantitative estimate of drug-likeness (QED) is 0.762. The van der Waals surface area contributed by atoms with Crippen molar-refractivity contribution in [2.24, 2.45) is 5.73 Å². The fourth-order valence-electron chi connectivity index (χ4n) is 2.20. The average molecular weight is 232 g/mol. The summed E-state index contributed by atoms with van der Waals surface area (Å²) in [5, 5.41) is 3.41. The molecule has 1 rings (SSSR count). The Bertz CT molecular complexity index is 372. The van der Waals surface area contributed by atoms with Crippen LogP contribution in [0.4, 0.5) is 0 Å². The van der Waals surface area contributed by atoms with Gasteiger partial charge >= 0.3 is 0 Å². The van der Waals surface area contributed by atoms with E-state index in [9.17, 15) is 0 Å². The van der Waals surface area contributed by atoms with Crippen molar-refractivity contribution in [1.82, 2.24) is 5.32 Å². The van der Waals surface area contributed by atoms with Gasteiger partial charge in [0.1, 0.15) is 0 Å². The first-order valence-corrected chi connectivity index (χ1v) is 6.36. The first-order chi connectivity index (χ1) is 8.10. The van der Waals surface area contributed by atoms with Gasteiger partial charge in [0.25, 0.3) is 0 Å². The van der Waals surface area contributed by atoms with Gasteiger partial charge in [0.15, 0.2) is 0 Å². The molecule has 0 spiro atoms. The van der Waals surface area contributed by atoms with Crippen LogP contribution in [0.1, 0.15) is 40.0 Å². The third-order valence-corrected chi connectivity index (χ3v) is 3.08. The van der Waals surface area contributed by atoms with Crippen LogP contribution in [-0.4, -0.2) is 6.04 Å². The molecule has 0 aromatic carbocycles. The first-order valence-electron chi connectivity index (χ1n) is 6.36. The third kappa shape index (κ3) is 3.52. The molecule has 1 aliphatic rings. The highest BCUT2D eigenvalue weighted by Crippen LogP contribution is 2.26. The largest absolute Gasteiger partial charge is 0.399 e. The maximum absolute atomic E-state index is 6.12. The van der Waals surface area contributed by atoms with Crippen molar-refractivity contribution in [1.29, 1.82) is 0 Å². The summed E-state index contributed by atoms with van der Waals surface area (Å²) in [5.74, 6) is 0. The fourth-order valence-corrected chi connectivity index (χ4v) is 2.20. The van der Waals surface area contributed by atoms with Crippen LogP contribution in [0.15, 0.2) is 47.3 Å². The minimum Gasteiger partial charge on any atom is -0.399 e. The predicted molar refractivity (Wildman–Crippen MR) is 75.4 cm³/mol. The molecule has 0 aromatic rings. The lowest BCUT2D eigenvalue weighted by Crippen LogP contribution is -2.31. The Morgan fingerprint density at radius 1 is 1.65 bits per heavy atom. The van der Waals surface area contributed by atoms with E-state index < -0.39 is 0 Å². The number of nitrogens with two attached hydrogens (primary N) is 1. The summed E-state index contributed by atoms with van der Waals surface area (Å²) >= 11 is 0. The number of rotatable bonds is 5. The number of nitrogens with one attached hydrogen (secondary N) is 1. The van der Waals surface area contributed by atoms with E-state index in [1.807, 2.05) is 6.92 Å². The second kappa shape index (κ2) is 6.33. The van der Waals surface area contributed by atoms with E-state index in [2.05, 4.69) is 44.0 Å². The summed E-state index contributed by atoms with van der Waals surface area (Å²) < 4.78 is 0. The second-order valence-electron chi connectivity index (χ2n) is 4.46. The smallest absolute Gasteiger partial charge is 0.0505 e. The predicted octanol–water partition coefficient (Wildman–Crippen LogP) is 3.40. The highest BCUT2D eigenvalue weighted by Gasteiger charge is 2.18. The third-order valence-electron chi connectivity index (χ3n) is 3.08. The zero-order valence-electron chi connectivity index (χ0n) is 11.2. The zero-order valence-corrected chi connectivity index (χ0v) is 11.2. The van der Waals surface area contributed by atoms with Crippen LogP contribution in [0.25, 0.3) is 0 Å². The Morgan fingerprint density at radius 2 is 2.35 bits per heavy atom. The van der Waals surface area contributed by atoms with Crippen LogP contribution in [-0.2, 0) is 0 Å². The molecule has 0 saturated carbocycles. The van der Waals surface area contributed by atoms with Crippen molar-refractivity contribution < 1.29 is 0 Å². The molecule has 0 fully saturated rings. The fraction of sp³-hybridized carbons (Fsp3) is 0.467. The van der Waals surface area contributed by atoms with E-state index in [0.717, 1.165) is 30.7 Å². The second-order valence-corrected chi connectivity index (χ2v) is 4.46. The lowest BCUT2D eigenvalue weighted by Gasteiger charge is -2.25. The summed E-state index contributed by atoms with van der Waals surface area (Å²) in [6.45, 7) is 10.3. The molecule has 17 heavy (non-hydrogen) atoms. The summed E-state index contributed by atoms with van der Waals surface area (Å²) in [6.07, 6.45) is 9.42. The van der Waals surface area contributed by atoms with Gasteiger partial charge in [0, 0.05) is 11.4 Å². The van der Waals surface area contributed by atoms with E-state index in [1.165, 1.54) is 11.1 Å². The minimum atomic E-state index is 0.227. The maximum Gasteiger partial charge on any atom is 0.0505 e. The van der Waals surface area contributed by atoms with Gasteiger partial charge in [-0.15, -0.1) is 0 Å². The molecular formula is C15H24N2. The monoisotopic (exact) mass is 232 g/mol. The molecule has 1 atom stereocenters. The van der Waals surface area contributed by atoms with Crippen molar-refractivity contribution in [3.05, 3.63) is 47.3 Å². The van der Waals surface area contributed by atoms with Crippen molar-refractivity contribution in [2.75, 3.05) is 0 Å². The highest BCUT2D eigenvalue weighted by molar-refractivity contribution is 5.44. The van der Waals surface area contributed by atoms with E-state index in [0.29, 0.717) is 0 Å². The Balaban J connectivity index is 2.95. The molecule has 0 aromatic heterocycles. The van der Waals surface area contributed by atoms with E-state index in [-0.39, 0.29) is 6.04 Å². The van der Waals surface area contributed by atoms with E-state index in [4.69, 9.17) is 5.73 Å². The van der Waals surface area contributed by atoms with Gasteiger partial charge in [0.2, 0.25) is 0 Å². The molecule has 1 unspecified atom stereocenters. The lowest BCUT2D eigenvalue weighted by atomic mass is 9.90. The van der Waals surface area contributed by atoms with Crippen molar-refractivity contribution in [3.63, 3.8) is 0 Å². The Hall–Kier alpha value is -1.44. The standard InChI is InChI=1S/C15H24N2/c1-5-8-13-9-7-10-14(16)15(13)12(4)17-11(3)6-2/h5,8,10,12,17H,3,6-7,9,16H2,1-2,4H3/b8-5-. The first kappa shape index (κ1) is 13.6. The summed E-state index contributed by atoms with van der Waals surface area (Å²) in [5.41, 5.74) is 10.7. The normalized spacial score (nSPS) is 18.2. The molecule has 0 radical (unpaired) electrons. The number of allylic oxidation sites excluding steroid dienone is 5. The van der Waals surface area contributed by atoms with Gasteiger partial charge in [-0.1, -0.05) is 31.7 Å². The van der Waals surface area contributed by atoms with Gasteiger partial charge < -0.3 is 11.1 Å². The molecule has 3 N–H and O–H groups in total. The molecule has 0 aliphatic heterocycles. The molecule has 2 nitrogen and oxygen atoms in total. The topological polar surface area (TPSA) is 38.0 Å². The average Bonchev–Trinajstić information content (AvgIpc) is 2.29. The van der Waals surface area contributed by atoms with Gasteiger partial charge in [0.05, 0.1) is 6.04 Å². The van der Waals surface area contributed by atoms with Crippen LogP contribution in [0.3, 0.4) is 0 Å². The highest BCUT2D eigenvalue weighted by atomic mass is 14.9. The van der Waals surface area contributed by atoms with Crippen molar-refractivity contribution in [3.8, 4) is 0 Å². The zero-order chi connectivity index (χ0) is 12.8. The van der Waals surface area contributed by atoms with Crippen molar-refractivity contribution in [2.45, 2.75) is 46.1 Å². The molecule has 0 bridgehead atoms. The van der Waals surface area contributed by atoms with Gasteiger partial charge in [-0.3, -0.25) is 0 Å². The Morgan fingerprint density at radius 3 is 2.94 bits per heavy atom. The SMILES string of the molecule is C=C(CC)NC(C)C1=C(/C=C\C)CCC=C1N. The molecule has 0 heterocycles. The van der Waals surface area contributed by atoms with E-state index >= 15 is 0 Å². The number of hydrogen-bond donors (Lipinski definition) is 2. The van der Waals surface area contributed by atoms with Crippen LogP contribution < -0.4 is 11.1 Å². The summed E-state index contributed by atoms with van der Waals surface area (Å²) in [7, 11) is 0. The summed E-state index contributed by atoms with van der Waals surface area (Å²) in [4.78, 5) is 0. The van der Waals surface area contributed by atoms with E-state index in [1.54, 1.807) is 0 Å². The number of hydrogen-bond acceptors (Lipinski definition) is 2. The Kier molecular flexibility index (Phi) is 5.08. The lowest BCUT2D eigenvalue weighted by molar-refractivity contribution is 0.664. The molecule has 1 aliphatic carbocycles. The van der Waals surface area contributed by atoms with Crippen LogP contribution in [0, 0.1) is 0 Å². The van der Waals surface area contributed by atoms with Gasteiger partial charge in [-0.2, -0.15) is 0 Å². The summed E-state index contributed by atoms with van der Waals surface area (Å²) in [6, 6.07) is 0.227. The van der Waals surface area contributed by atoms with Crippen LogP contribution >= 0.6 is 0 Å². The minimum absolute atomic E-state index is 0.227. The molecule has 0 saturated heterocycles. The molecule has 0 amide bonds. The maximum atomic E-state index is 6.12. The van der Waals surface area contributed by atoms with Crippen molar-refractivity contribution >= 4 is 0 Å². The molecule has 94 valence electrons. The molecule has 2 heteroatoms. The Labute approximate surface area is 105 Å². The van der Waals surface area contributed by atoms with Gasteiger partial charge in [-0.05, 0) is 44.3 Å². The van der Waals surface area contributed by atoms with Crippen LogP contribution in [0.5, 0.6) is 0 Å². The van der Waals surface area contributed by atoms with Crippen LogP contribution in [0.2, 0.25) is 0 Å².